The molecule has 0 aliphatic rings. The second-order valence-electron chi connectivity index (χ2n) is 5.72. The molecule has 110 valence electrons. The number of hydrogen-bond acceptors (Lipinski definition) is 2. The van der Waals surface area contributed by atoms with Crippen molar-refractivity contribution in [1.29, 1.82) is 0 Å². The van der Waals surface area contributed by atoms with Gasteiger partial charge in [0, 0.05) is 0 Å². The molecule has 2 aromatic rings. The molecule has 21 heavy (non-hydrogen) atoms. The lowest BCUT2D eigenvalue weighted by molar-refractivity contribution is -0.144. The fourth-order valence-corrected chi connectivity index (χ4v) is 2.20. The van der Waals surface area contributed by atoms with Gasteiger partial charge in [0.1, 0.15) is 6.61 Å². The summed E-state index contributed by atoms with van der Waals surface area (Å²) in [6.07, 6.45) is 0.325. The van der Waals surface area contributed by atoms with Crippen LogP contribution in [0.3, 0.4) is 0 Å². The lowest BCUT2D eigenvalue weighted by atomic mass is 10.0. The fourth-order valence-electron chi connectivity index (χ4n) is 2.20. The topological polar surface area (TPSA) is 26.3 Å². The van der Waals surface area contributed by atoms with Crippen molar-refractivity contribution in [2.75, 3.05) is 0 Å². The number of hydrogen-bond donors (Lipinski definition) is 0. The smallest absolute Gasteiger partial charge is 0.310 e. The van der Waals surface area contributed by atoms with E-state index in [4.69, 9.17) is 4.74 Å². The molecule has 0 unspecified atom stereocenters. The Morgan fingerprint density at radius 3 is 2.38 bits per heavy atom. The van der Waals surface area contributed by atoms with Crippen LogP contribution in [0, 0.1) is 6.92 Å². The monoisotopic (exact) mass is 282 g/mol. The first-order valence-electron chi connectivity index (χ1n) is 7.34. The first-order chi connectivity index (χ1) is 10.0. The molecule has 0 amide bonds. The van der Waals surface area contributed by atoms with Crippen molar-refractivity contribution < 1.29 is 9.53 Å². The number of rotatable bonds is 5. The number of carbonyl (C=O) groups is 1. The Labute approximate surface area is 126 Å². The highest BCUT2D eigenvalue weighted by Gasteiger charge is 2.06. The van der Waals surface area contributed by atoms with Gasteiger partial charge in [-0.05, 0) is 29.5 Å². The molecule has 2 nitrogen and oxygen atoms in total. The van der Waals surface area contributed by atoms with Gasteiger partial charge < -0.3 is 4.74 Å². The van der Waals surface area contributed by atoms with Gasteiger partial charge in [0.2, 0.25) is 0 Å². The molecule has 0 saturated carbocycles. The lowest BCUT2D eigenvalue weighted by Crippen LogP contribution is -2.08. The van der Waals surface area contributed by atoms with E-state index in [2.05, 4.69) is 26.0 Å². The van der Waals surface area contributed by atoms with Crippen LogP contribution in [0.2, 0.25) is 0 Å². The van der Waals surface area contributed by atoms with Crippen LogP contribution < -0.4 is 0 Å². The van der Waals surface area contributed by atoms with Crippen molar-refractivity contribution in [2.24, 2.45) is 0 Å². The first-order valence-corrected chi connectivity index (χ1v) is 7.34. The Hall–Kier alpha value is -2.09. The van der Waals surface area contributed by atoms with Gasteiger partial charge in [-0.2, -0.15) is 0 Å². The summed E-state index contributed by atoms with van der Waals surface area (Å²) in [4.78, 5) is 11.9. The predicted octanol–water partition coefficient (Wildman–Crippen LogP) is 4.40. The zero-order chi connectivity index (χ0) is 15.2. The third kappa shape index (κ3) is 4.75. The van der Waals surface area contributed by atoms with Crippen LogP contribution in [0.15, 0.2) is 48.5 Å². The molecule has 0 heterocycles. The minimum atomic E-state index is -0.187. The number of esters is 1. The molecular formula is C19H22O2. The molecule has 0 N–H and O–H groups in total. The summed E-state index contributed by atoms with van der Waals surface area (Å²) in [5.41, 5.74) is 4.47. The maximum Gasteiger partial charge on any atom is 0.310 e. The third-order valence-corrected chi connectivity index (χ3v) is 3.48. The molecule has 0 fully saturated rings. The second kappa shape index (κ2) is 7.07. The average Bonchev–Trinajstić information content (AvgIpc) is 2.45. The summed E-state index contributed by atoms with van der Waals surface area (Å²) in [6, 6.07) is 16.2. The zero-order valence-corrected chi connectivity index (χ0v) is 12.9. The SMILES string of the molecule is Cc1cccc(CC(=O)OCc2ccc(C(C)C)cc2)c1. The highest BCUT2D eigenvalue weighted by Crippen LogP contribution is 2.15. The minimum absolute atomic E-state index is 0.187. The Bertz CT molecular complexity index is 597. The quantitative estimate of drug-likeness (QED) is 0.760. The molecule has 0 aromatic heterocycles. The van der Waals surface area contributed by atoms with E-state index in [1.54, 1.807) is 0 Å². The Kier molecular flexibility index (Phi) is 5.15. The van der Waals surface area contributed by atoms with Crippen LogP contribution in [-0.4, -0.2) is 5.97 Å². The Morgan fingerprint density at radius 1 is 1.05 bits per heavy atom. The average molecular weight is 282 g/mol. The van der Waals surface area contributed by atoms with Gasteiger partial charge in [-0.25, -0.2) is 0 Å². The predicted molar refractivity (Wildman–Crippen MR) is 85.2 cm³/mol. The highest BCUT2D eigenvalue weighted by molar-refractivity contribution is 5.72. The van der Waals surface area contributed by atoms with Crippen molar-refractivity contribution in [2.45, 2.75) is 39.7 Å². The summed E-state index contributed by atoms with van der Waals surface area (Å²) in [5, 5.41) is 0. The van der Waals surface area contributed by atoms with E-state index in [0.29, 0.717) is 18.9 Å². The number of ether oxygens (including phenoxy) is 1. The van der Waals surface area contributed by atoms with Gasteiger partial charge in [0.15, 0.2) is 0 Å². The molecule has 0 spiro atoms. The fraction of sp³-hybridized carbons (Fsp3) is 0.316. The van der Waals surface area contributed by atoms with Gasteiger partial charge in [-0.1, -0.05) is 67.9 Å². The largest absolute Gasteiger partial charge is 0.461 e. The van der Waals surface area contributed by atoms with E-state index in [9.17, 15) is 4.79 Å². The van der Waals surface area contributed by atoms with E-state index in [-0.39, 0.29) is 5.97 Å². The van der Waals surface area contributed by atoms with Gasteiger partial charge in [-0.15, -0.1) is 0 Å². The Morgan fingerprint density at radius 2 is 1.76 bits per heavy atom. The standard InChI is InChI=1S/C19H22O2/c1-14(2)18-9-7-16(8-10-18)13-21-19(20)12-17-6-4-5-15(3)11-17/h4-11,14H,12-13H2,1-3H3. The van der Waals surface area contributed by atoms with Gasteiger partial charge in [0.05, 0.1) is 6.42 Å². The van der Waals surface area contributed by atoms with Gasteiger partial charge in [0.25, 0.3) is 0 Å². The van der Waals surface area contributed by atoms with Crippen molar-refractivity contribution in [3.8, 4) is 0 Å². The summed E-state index contributed by atoms with van der Waals surface area (Å²) < 4.78 is 5.33. The summed E-state index contributed by atoms with van der Waals surface area (Å²) >= 11 is 0. The van der Waals surface area contributed by atoms with E-state index in [1.807, 2.05) is 43.3 Å². The molecule has 0 aliphatic carbocycles. The van der Waals surface area contributed by atoms with Crippen LogP contribution in [0.25, 0.3) is 0 Å². The number of aryl methyl sites for hydroxylation is 1. The van der Waals surface area contributed by atoms with Crippen molar-refractivity contribution >= 4 is 5.97 Å². The summed E-state index contributed by atoms with van der Waals surface area (Å²) in [7, 11) is 0. The molecule has 2 heteroatoms. The summed E-state index contributed by atoms with van der Waals surface area (Å²) in [5.74, 6) is 0.330. The maximum absolute atomic E-state index is 11.9. The van der Waals surface area contributed by atoms with Crippen molar-refractivity contribution in [1.82, 2.24) is 0 Å². The van der Waals surface area contributed by atoms with Crippen molar-refractivity contribution in [3.05, 3.63) is 70.8 Å². The molecule has 0 atom stereocenters. The first kappa shape index (κ1) is 15.3. The van der Waals surface area contributed by atoms with Crippen LogP contribution in [0.1, 0.15) is 42.0 Å². The van der Waals surface area contributed by atoms with Crippen LogP contribution in [0.4, 0.5) is 0 Å². The van der Waals surface area contributed by atoms with Crippen LogP contribution in [-0.2, 0) is 22.6 Å². The molecule has 0 aliphatic heterocycles. The van der Waals surface area contributed by atoms with E-state index in [1.165, 1.54) is 5.56 Å². The molecule has 0 radical (unpaired) electrons. The second-order valence-corrected chi connectivity index (χ2v) is 5.72. The maximum atomic E-state index is 11.9. The van der Waals surface area contributed by atoms with Crippen molar-refractivity contribution in [3.63, 3.8) is 0 Å². The van der Waals surface area contributed by atoms with E-state index < -0.39 is 0 Å². The molecule has 0 bridgehead atoms. The number of carbonyl (C=O) groups excluding carboxylic acids is 1. The molecular weight excluding hydrogens is 260 g/mol. The van der Waals surface area contributed by atoms with Crippen LogP contribution >= 0.6 is 0 Å². The van der Waals surface area contributed by atoms with Gasteiger partial charge >= 0.3 is 5.97 Å². The third-order valence-electron chi connectivity index (χ3n) is 3.48. The van der Waals surface area contributed by atoms with E-state index >= 15 is 0 Å². The zero-order valence-electron chi connectivity index (χ0n) is 12.9. The molecule has 0 saturated heterocycles. The molecule has 2 rings (SSSR count). The lowest BCUT2D eigenvalue weighted by Gasteiger charge is -2.08. The summed E-state index contributed by atoms with van der Waals surface area (Å²) in [6.45, 7) is 6.68. The van der Waals surface area contributed by atoms with E-state index in [0.717, 1.165) is 16.7 Å². The van der Waals surface area contributed by atoms with Crippen LogP contribution in [0.5, 0.6) is 0 Å². The number of benzene rings is 2. The normalized spacial score (nSPS) is 10.7. The molecule has 2 aromatic carbocycles. The highest BCUT2D eigenvalue weighted by atomic mass is 16.5. The van der Waals surface area contributed by atoms with Gasteiger partial charge in [-0.3, -0.25) is 4.79 Å². The Balaban J connectivity index is 1.86. The minimum Gasteiger partial charge on any atom is -0.461 e.